The molecule has 10 heavy (non-hydrogen) atoms. The molecule has 0 radical (unpaired) electrons. The number of alkyl halides is 2. The Morgan fingerprint density at radius 2 is 2.20 bits per heavy atom. The van der Waals surface area contributed by atoms with Crippen molar-refractivity contribution in [2.75, 3.05) is 6.00 Å². The lowest BCUT2D eigenvalue weighted by Gasteiger charge is -1.98. The number of rotatable bonds is 5. The molecule has 1 unspecified atom stereocenters. The zero-order chi connectivity index (χ0) is 7.82. The molecule has 0 aromatic carbocycles. The van der Waals surface area contributed by atoms with Crippen LogP contribution in [0.2, 0.25) is 0 Å². The predicted octanol–water partition coefficient (Wildman–Crippen LogP) is 3.39. The van der Waals surface area contributed by atoms with Gasteiger partial charge in [0.2, 0.25) is 0 Å². The zero-order valence-corrected chi connectivity index (χ0v) is 7.57. The highest BCUT2D eigenvalue weighted by atomic mass is 35.5. The molecule has 0 aliphatic carbocycles. The molecule has 0 fully saturated rings. The number of hydrogen-bond acceptors (Lipinski definition) is 2. The second kappa shape index (κ2) is 7.29. The van der Waals surface area contributed by atoms with E-state index < -0.39 is 0 Å². The van der Waals surface area contributed by atoms with Gasteiger partial charge in [0.05, 0.1) is 0 Å². The minimum atomic E-state index is -0.182. The van der Waals surface area contributed by atoms with E-state index in [1.807, 2.05) is 0 Å². The third-order valence-corrected chi connectivity index (χ3v) is 1.47. The van der Waals surface area contributed by atoms with E-state index in [4.69, 9.17) is 23.2 Å². The number of halogens is 2. The second-order valence-corrected chi connectivity index (χ2v) is 2.70. The van der Waals surface area contributed by atoms with Crippen molar-refractivity contribution >= 4 is 23.2 Å². The summed E-state index contributed by atoms with van der Waals surface area (Å²) in [6.07, 6.45) is 3.12. The van der Waals surface area contributed by atoms with Gasteiger partial charge in [-0.2, -0.15) is 10.2 Å². The first-order valence-corrected chi connectivity index (χ1v) is 4.35. The average Bonchev–Trinajstić information content (AvgIpc) is 1.97. The molecule has 60 valence electrons. The highest BCUT2D eigenvalue weighted by molar-refractivity contribution is 6.20. The lowest BCUT2D eigenvalue weighted by atomic mass is 10.2. The van der Waals surface area contributed by atoms with E-state index in [0.29, 0.717) is 0 Å². The van der Waals surface area contributed by atoms with E-state index >= 15 is 0 Å². The lowest BCUT2D eigenvalue weighted by molar-refractivity contribution is 0.671. The summed E-state index contributed by atoms with van der Waals surface area (Å²) in [5.41, 5.74) is -0.182. The fourth-order valence-corrected chi connectivity index (χ4v) is 0.828. The van der Waals surface area contributed by atoms with Gasteiger partial charge in [0.1, 0.15) is 11.5 Å². The van der Waals surface area contributed by atoms with Crippen molar-refractivity contribution in [1.82, 2.24) is 0 Å². The van der Waals surface area contributed by atoms with Crippen LogP contribution in [0.25, 0.3) is 0 Å². The van der Waals surface area contributed by atoms with E-state index in [0.717, 1.165) is 19.3 Å². The third-order valence-electron chi connectivity index (χ3n) is 1.06. The summed E-state index contributed by atoms with van der Waals surface area (Å²) in [5, 5.41) is 7.32. The maximum Gasteiger partial charge on any atom is 0.144 e. The van der Waals surface area contributed by atoms with Gasteiger partial charge in [-0.25, -0.2) is 0 Å². The minimum Gasteiger partial charge on any atom is -0.176 e. The summed E-state index contributed by atoms with van der Waals surface area (Å²) in [6.45, 7) is 2.11. The molecule has 0 aliphatic heterocycles. The molecule has 1 atom stereocenters. The molecule has 2 nitrogen and oxygen atoms in total. The normalized spacial score (nSPS) is 14.3. The van der Waals surface area contributed by atoms with Crippen LogP contribution in [0.4, 0.5) is 0 Å². The van der Waals surface area contributed by atoms with Crippen LogP contribution in [-0.2, 0) is 0 Å². The Kier molecular flexibility index (Phi) is 7.42. The second-order valence-electron chi connectivity index (χ2n) is 1.95. The Balaban J connectivity index is 3.24. The molecule has 0 bridgehead atoms. The van der Waals surface area contributed by atoms with E-state index in [1.54, 1.807) is 0 Å². The van der Waals surface area contributed by atoms with Crippen LogP contribution in [0.15, 0.2) is 10.2 Å². The molecule has 0 saturated heterocycles. The first kappa shape index (κ1) is 10.2. The molecule has 0 spiro atoms. The lowest BCUT2D eigenvalue weighted by Crippen LogP contribution is -1.91. The zero-order valence-electron chi connectivity index (χ0n) is 6.06. The van der Waals surface area contributed by atoms with Gasteiger partial charge in [0.15, 0.2) is 0 Å². The molecule has 0 amide bonds. The first-order valence-electron chi connectivity index (χ1n) is 3.38. The van der Waals surface area contributed by atoms with Crippen molar-refractivity contribution in [1.29, 1.82) is 0 Å². The van der Waals surface area contributed by atoms with E-state index in [-0.39, 0.29) is 11.5 Å². The summed E-state index contributed by atoms with van der Waals surface area (Å²) in [6, 6.07) is 0.204. The van der Waals surface area contributed by atoms with Gasteiger partial charge < -0.3 is 0 Å². The fourth-order valence-electron chi connectivity index (χ4n) is 0.550. The van der Waals surface area contributed by atoms with Crippen LogP contribution in [0.1, 0.15) is 26.2 Å². The molecule has 0 aromatic rings. The molecule has 4 heteroatoms. The smallest absolute Gasteiger partial charge is 0.144 e. The third kappa shape index (κ3) is 6.30. The number of nitrogens with zero attached hydrogens (tertiary/aromatic N) is 2. The molecule has 0 aromatic heterocycles. The average molecular weight is 183 g/mol. The highest BCUT2D eigenvalue weighted by Gasteiger charge is 1.98. The van der Waals surface area contributed by atoms with Crippen molar-refractivity contribution in [3.63, 3.8) is 0 Å². The first-order chi connectivity index (χ1) is 4.81. The van der Waals surface area contributed by atoms with Crippen molar-refractivity contribution < 1.29 is 0 Å². The van der Waals surface area contributed by atoms with E-state index in [1.165, 1.54) is 0 Å². The van der Waals surface area contributed by atoms with Gasteiger partial charge in [0, 0.05) is 0 Å². The summed E-state index contributed by atoms with van der Waals surface area (Å²) < 4.78 is 0. The van der Waals surface area contributed by atoms with Gasteiger partial charge in [-0.3, -0.25) is 0 Å². The quantitative estimate of drug-likeness (QED) is 0.354. The molecular formula is C6H12Cl2N2. The monoisotopic (exact) mass is 182 g/mol. The Bertz CT molecular complexity index is 95.7. The molecular weight excluding hydrogens is 171 g/mol. The maximum atomic E-state index is 5.72. The number of unbranched alkanes of at least 4 members (excludes halogenated alkanes) is 1. The number of azo groups is 1. The van der Waals surface area contributed by atoms with Gasteiger partial charge in [-0.1, -0.05) is 43.0 Å². The molecule has 0 saturated carbocycles. The number of hydrogen-bond donors (Lipinski definition) is 0. The Labute approximate surface area is 71.6 Å². The summed E-state index contributed by atoms with van der Waals surface area (Å²) >= 11 is 11.0. The van der Waals surface area contributed by atoms with Gasteiger partial charge in [-0.05, 0) is 6.42 Å². The van der Waals surface area contributed by atoms with E-state index in [2.05, 4.69) is 17.2 Å². The van der Waals surface area contributed by atoms with Crippen LogP contribution in [-0.4, -0.2) is 11.5 Å². The highest BCUT2D eigenvalue weighted by Crippen LogP contribution is 2.08. The molecule has 0 heterocycles. The Morgan fingerprint density at radius 3 is 2.70 bits per heavy atom. The van der Waals surface area contributed by atoms with Crippen LogP contribution >= 0.6 is 23.2 Å². The Hall–Kier alpha value is 0.180. The van der Waals surface area contributed by atoms with E-state index in [9.17, 15) is 0 Å². The maximum absolute atomic E-state index is 5.72. The molecule has 0 rings (SSSR count). The SMILES string of the molecule is CCCCC(Cl)/N=N\CCl. The summed E-state index contributed by atoms with van der Waals surface area (Å²) in [4.78, 5) is 0. The topological polar surface area (TPSA) is 24.7 Å². The van der Waals surface area contributed by atoms with Crippen LogP contribution < -0.4 is 0 Å². The minimum absolute atomic E-state index is 0.182. The standard InChI is InChI=1S/C6H12Cl2N2/c1-2-3-4-6(8)10-9-5-7/h6H,2-5H2,1H3/b10-9-. The van der Waals surface area contributed by atoms with Crippen LogP contribution in [0, 0.1) is 0 Å². The van der Waals surface area contributed by atoms with Gasteiger partial charge in [-0.15, -0.1) is 0 Å². The summed E-state index contributed by atoms with van der Waals surface area (Å²) in [5.74, 6) is 0. The largest absolute Gasteiger partial charge is 0.176 e. The van der Waals surface area contributed by atoms with Crippen molar-refractivity contribution in [3.05, 3.63) is 0 Å². The molecule has 0 N–H and O–H groups in total. The Morgan fingerprint density at radius 1 is 1.50 bits per heavy atom. The van der Waals surface area contributed by atoms with Crippen LogP contribution in [0.5, 0.6) is 0 Å². The van der Waals surface area contributed by atoms with Gasteiger partial charge in [0.25, 0.3) is 0 Å². The van der Waals surface area contributed by atoms with Crippen molar-refractivity contribution in [2.24, 2.45) is 10.2 Å². The van der Waals surface area contributed by atoms with Gasteiger partial charge >= 0.3 is 0 Å². The predicted molar refractivity (Wildman–Crippen MR) is 44.7 cm³/mol. The van der Waals surface area contributed by atoms with Crippen molar-refractivity contribution in [3.8, 4) is 0 Å². The van der Waals surface area contributed by atoms with Crippen LogP contribution in [0.3, 0.4) is 0 Å². The fraction of sp³-hybridized carbons (Fsp3) is 1.00. The molecule has 0 aliphatic rings. The summed E-state index contributed by atoms with van der Waals surface area (Å²) in [7, 11) is 0. The van der Waals surface area contributed by atoms with Crippen molar-refractivity contribution in [2.45, 2.75) is 31.7 Å².